The predicted octanol–water partition coefficient (Wildman–Crippen LogP) is 3.43. The standard InChI is InChI=1S/C28H21FN6O3S/c29-18-10-8-17(9-11-18)15-30-24(36)14-22-27(38)35-26(32-22)20-5-1-2-6-21(20)33-28(35)39-16-19-13-25(37)34-12-4-3-7-23(34)31-19/h1-13,22H,14-16H2,(H,30,36). The zero-order chi connectivity index (χ0) is 26.9. The van der Waals surface area contributed by atoms with E-state index >= 15 is 0 Å². The smallest absolute Gasteiger partial charge is 0.259 e. The number of hydrogen-bond acceptors (Lipinski definition) is 7. The fourth-order valence-corrected chi connectivity index (χ4v) is 5.29. The van der Waals surface area contributed by atoms with Crippen molar-refractivity contribution in [2.24, 2.45) is 9.98 Å². The molecule has 39 heavy (non-hydrogen) atoms. The molecule has 0 radical (unpaired) electrons. The lowest BCUT2D eigenvalue weighted by molar-refractivity contribution is -0.128. The highest BCUT2D eigenvalue weighted by atomic mass is 32.2. The van der Waals surface area contributed by atoms with Gasteiger partial charge in [-0.3, -0.25) is 23.8 Å². The minimum absolute atomic E-state index is 0.136. The molecule has 4 aromatic rings. The van der Waals surface area contributed by atoms with E-state index in [1.165, 1.54) is 39.3 Å². The van der Waals surface area contributed by atoms with Gasteiger partial charge in [-0.15, -0.1) is 0 Å². The number of halogens is 1. The molecule has 1 atom stereocenters. The van der Waals surface area contributed by atoms with Gasteiger partial charge in [-0.2, -0.15) is 0 Å². The Bertz CT molecular complexity index is 1730. The summed E-state index contributed by atoms with van der Waals surface area (Å²) in [6.45, 7) is 0.213. The van der Waals surface area contributed by atoms with Crippen molar-refractivity contribution >= 4 is 45.9 Å². The summed E-state index contributed by atoms with van der Waals surface area (Å²) in [7, 11) is 0. The number of carbonyl (C=O) groups excluding carboxylic acids is 2. The van der Waals surface area contributed by atoms with E-state index in [9.17, 15) is 18.8 Å². The predicted molar refractivity (Wildman–Crippen MR) is 146 cm³/mol. The Kier molecular flexibility index (Phi) is 6.49. The van der Waals surface area contributed by atoms with E-state index in [-0.39, 0.29) is 36.2 Å². The van der Waals surface area contributed by atoms with Crippen molar-refractivity contribution in [1.29, 1.82) is 0 Å². The summed E-state index contributed by atoms with van der Waals surface area (Å²) in [6.07, 6.45) is 1.52. The number of carbonyl (C=O) groups is 2. The second kappa shape index (κ2) is 10.3. The lowest BCUT2D eigenvalue weighted by atomic mass is 10.1. The summed E-state index contributed by atoms with van der Waals surface area (Å²) in [4.78, 5) is 54.0. The van der Waals surface area contributed by atoms with Gasteiger partial charge in [0.15, 0.2) is 5.17 Å². The average molecular weight is 541 g/mol. The number of fused-ring (bicyclic) bond motifs is 4. The van der Waals surface area contributed by atoms with Crippen molar-refractivity contribution in [2.75, 3.05) is 0 Å². The van der Waals surface area contributed by atoms with E-state index < -0.39 is 6.04 Å². The maximum Gasteiger partial charge on any atom is 0.259 e. The zero-order valence-corrected chi connectivity index (χ0v) is 21.3. The van der Waals surface area contributed by atoms with Gasteiger partial charge in [-0.1, -0.05) is 42.1 Å². The van der Waals surface area contributed by atoms with Crippen molar-refractivity contribution in [3.05, 3.63) is 112 Å². The molecule has 194 valence electrons. The Morgan fingerprint density at radius 2 is 1.82 bits per heavy atom. The van der Waals surface area contributed by atoms with Crippen LogP contribution in [0.2, 0.25) is 0 Å². The minimum atomic E-state index is -0.909. The molecule has 0 spiro atoms. The van der Waals surface area contributed by atoms with Gasteiger partial charge in [-0.25, -0.2) is 19.3 Å². The Morgan fingerprint density at radius 3 is 2.67 bits per heavy atom. The van der Waals surface area contributed by atoms with Gasteiger partial charge in [0, 0.05) is 30.1 Å². The van der Waals surface area contributed by atoms with Gasteiger partial charge in [0.25, 0.3) is 11.5 Å². The van der Waals surface area contributed by atoms with Crippen molar-refractivity contribution in [3.63, 3.8) is 0 Å². The first-order valence-corrected chi connectivity index (χ1v) is 13.2. The lowest BCUT2D eigenvalue weighted by Crippen LogP contribution is -2.42. The van der Waals surface area contributed by atoms with Crippen LogP contribution in [0.25, 0.3) is 5.65 Å². The van der Waals surface area contributed by atoms with Gasteiger partial charge in [0.05, 0.1) is 17.8 Å². The minimum Gasteiger partial charge on any atom is -0.352 e. The van der Waals surface area contributed by atoms with Crippen LogP contribution in [0, 0.1) is 5.82 Å². The van der Waals surface area contributed by atoms with Crippen LogP contribution < -0.4 is 10.9 Å². The second-order valence-electron chi connectivity index (χ2n) is 8.96. The average Bonchev–Trinajstić information content (AvgIpc) is 3.27. The third-order valence-corrected chi connectivity index (χ3v) is 7.27. The fraction of sp³-hybridized carbons (Fsp3) is 0.143. The number of aliphatic imine (C=N–C) groups is 2. The molecule has 0 bridgehead atoms. The third kappa shape index (κ3) is 4.96. The summed E-state index contributed by atoms with van der Waals surface area (Å²) in [5.74, 6) is -0.303. The van der Waals surface area contributed by atoms with Crippen LogP contribution in [0.1, 0.15) is 23.2 Å². The molecule has 2 aromatic carbocycles. The van der Waals surface area contributed by atoms with Crippen LogP contribution in [0.15, 0.2) is 93.8 Å². The number of amides is 2. The van der Waals surface area contributed by atoms with Gasteiger partial charge >= 0.3 is 0 Å². The highest BCUT2D eigenvalue weighted by Crippen LogP contribution is 2.34. The molecule has 2 aliphatic heterocycles. The molecule has 2 aromatic heterocycles. The Balaban J connectivity index is 1.21. The number of amidine groups is 2. The lowest BCUT2D eigenvalue weighted by Gasteiger charge is -2.25. The zero-order valence-electron chi connectivity index (χ0n) is 20.5. The quantitative estimate of drug-likeness (QED) is 0.403. The van der Waals surface area contributed by atoms with E-state index in [2.05, 4.69) is 15.3 Å². The van der Waals surface area contributed by atoms with Crippen LogP contribution in [-0.2, 0) is 21.9 Å². The van der Waals surface area contributed by atoms with E-state index in [4.69, 9.17) is 4.99 Å². The Hall–Kier alpha value is -4.64. The number of benzene rings is 2. The number of para-hydroxylation sites is 1. The van der Waals surface area contributed by atoms with Gasteiger partial charge < -0.3 is 5.32 Å². The Labute approximate surface area is 226 Å². The summed E-state index contributed by atoms with van der Waals surface area (Å²) in [5.41, 5.74) is 3.00. The molecular formula is C28H21FN6O3S. The number of hydrogen-bond donors (Lipinski definition) is 1. The van der Waals surface area contributed by atoms with Crippen LogP contribution >= 0.6 is 11.8 Å². The molecule has 9 nitrogen and oxygen atoms in total. The first-order valence-electron chi connectivity index (χ1n) is 12.2. The first-order chi connectivity index (χ1) is 19.0. The highest BCUT2D eigenvalue weighted by Gasteiger charge is 2.42. The second-order valence-corrected chi connectivity index (χ2v) is 9.91. The Morgan fingerprint density at radius 1 is 1.03 bits per heavy atom. The summed E-state index contributed by atoms with van der Waals surface area (Å²) in [6, 6.07) is 19.1. The molecule has 0 saturated carbocycles. The van der Waals surface area contributed by atoms with E-state index in [0.29, 0.717) is 39.3 Å². The van der Waals surface area contributed by atoms with E-state index in [1.54, 1.807) is 30.5 Å². The third-order valence-electron chi connectivity index (χ3n) is 6.30. The number of rotatable bonds is 6. The number of pyridine rings is 1. The van der Waals surface area contributed by atoms with Crippen LogP contribution in [0.3, 0.4) is 0 Å². The van der Waals surface area contributed by atoms with Crippen molar-refractivity contribution in [3.8, 4) is 0 Å². The summed E-state index contributed by atoms with van der Waals surface area (Å²) < 4.78 is 14.6. The van der Waals surface area contributed by atoms with Crippen LogP contribution in [-0.4, -0.2) is 43.1 Å². The molecule has 1 N–H and O–H groups in total. The summed E-state index contributed by atoms with van der Waals surface area (Å²) >= 11 is 1.27. The molecule has 2 amide bonds. The van der Waals surface area contributed by atoms with E-state index in [1.807, 2.05) is 30.3 Å². The van der Waals surface area contributed by atoms with Crippen molar-refractivity contribution < 1.29 is 14.0 Å². The van der Waals surface area contributed by atoms with Crippen LogP contribution in [0.5, 0.6) is 0 Å². The number of nitrogens with one attached hydrogen (secondary N) is 1. The van der Waals surface area contributed by atoms with E-state index in [0.717, 1.165) is 5.56 Å². The fourth-order valence-electron chi connectivity index (χ4n) is 4.40. The molecule has 1 unspecified atom stereocenters. The first kappa shape index (κ1) is 24.7. The topological polar surface area (TPSA) is 108 Å². The molecular weight excluding hydrogens is 519 g/mol. The normalized spacial score (nSPS) is 16.0. The summed E-state index contributed by atoms with van der Waals surface area (Å²) in [5, 5.41) is 3.17. The molecule has 6 rings (SSSR count). The number of aromatic nitrogens is 2. The van der Waals surface area contributed by atoms with Gasteiger partial charge in [0.1, 0.15) is 23.3 Å². The van der Waals surface area contributed by atoms with Gasteiger partial charge in [-0.05, 0) is 42.0 Å². The SMILES string of the molecule is O=C(CC1N=C2c3ccccc3N=C(SCc3cc(=O)n4ccccc4n3)N2C1=O)NCc1ccc(F)cc1. The largest absolute Gasteiger partial charge is 0.352 e. The highest BCUT2D eigenvalue weighted by molar-refractivity contribution is 8.13. The number of nitrogens with zero attached hydrogens (tertiary/aromatic N) is 5. The van der Waals surface area contributed by atoms with Crippen molar-refractivity contribution in [1.82, 2.24) is 19.6 Å². The molecule has 0 fully saturated rings. The molecule has 2 aliphatic rings. The van der Waals surface area contributed by atoms with Crippen LogP contribution in [0.4, 0.5) is 10.1 Å². The van der Waals surface area contributed by atoms with Crippen molar-refractivity contribution in [2.45, 2.75) is 24.8 Å². The molecule has 0 aliphatic carbocycles. The maximum absolute atomic E-state index is 13.5. The molecule has 4 heterocycles. The molecule has 0 saturated heterocycles. The monoisotopic (exact) mass is 540 g/mol. The maximum atomic E-state index is 13.5. The molecule has 11 heteroatoms. The van der Waals surface area contributed by atoms with Gasteiger partial charge in [0.2, 0.25) is 5.91 Å². The number of thioether (sulfide) groups is 1.